The van der Waals surface area contributed by atoms with Gasteiger partial charge in [-0.15, -0.1) is 0 Å². The molecule has 7 heteroatoms. The van der Waals surface area contributed by atoms with E-state index in [1.165, 1.54) is 0 Å². The van der Waals surface area contributed by atoms with Crippen LogP contribution in [0.5, 0.6) is 0 Å². The molecule has 2 aliphatic rings. The summed E-state index contributed by atoms with van der Waals surface area (Å²) in [6, 6.07) is 9.13. The lowest BCUT2D eigenvalue weighted by atomic mass is 9.69. The van der Waals surface area contributed by atoms with Crippen molar-refractivity contribution < 1.29 is 20.5 Å². The fourth-order valence-corrected chi connectivity index (χ4v) is 4.71. The quantitative estimate of drug-likeness (QED) is 0.630. The molecule has 3 atom stereocenters. The lowest BCUT2D eigenvalue weighted by Crippen LogP contribution is -2.32. The molecule has 4 rings (SSSR count). The van der Waals surface area contributed by atoms with Gasteiger partial charge in [-0.3, -0.25) is 19.7 Å². The highest BCUT2D eigenvalue weighted by atomic mass is 35.5. The third-order valence-electron chi connectivity index (χ3n) is 5.59. The van der Waals surface area contributed by atoms with Crippen molar-refractivity contribution in [2.45, 2.75) is 24.8 Å². The number of aldehydes is 1. The van der Waals surface area contributed by atoms with Crippen LogP contribution in [0.2, 0.25) is 5.02 Å². The maximum absolute atomic E-state index is 12.6. The van der Waals surface area contributed by atoms with Crippen LogP contribution in [0.15, 0.2) is 30.3 Å². The first kappa shape index (κ1) is 17.9. The Morgan fingerprint density at radius 1 is 1.30 bits per heavy atom. The van der Waals surface area contributed by atoms with Gasteiger partial charge in [0.25, 0.3) is 0 Å². The van der Waals surface area contributed by atoms with Crippen LogP contribution in [0.1, 0.15) is 40.6 Å². The summed E-state index contributed by atoms with van der Waals surface area (Å²) in [6.07, 6.45) is 1.31. The van der Waals surface area contributed by atoms with E-state index in [-0.39, 0.29) is 19.2 Å². The normalized spacial score (nSPS) is 23.7. The molecule has 1 N–H and O–H groups in total. The molecule has 2 heterocycles. The topological polar surface area (TPSA) is 77.4 Å². The van der Waals surface area contributed by atoms with E-state index < -0.39 is 11.8 Å². The number of fused-ring (bicyclic) bond motifs is 3. The number of halogens is 1. The predicted molar refractivity (Wildman–Crippen MR) is 101 cm³/mol. The molecule has 1 aromatic carbocycles. The maximum Gasteiger partial charge on any atom is 0.235 e. The van der Waals surface area contributed by atoms with Crippen LogP contribution in [0, 0.1) is 5.92 Å². The van der Waals surface area contributed by atoms with Gasteiger partial charge in [0, 0.05) is 31.7 Å². The van der Waals surface area contributed by atoms with Crippen molar-refractivity contribution in [2.24, 2.45) is 5.92 Å². The number of nitrogens with one attached hydrogen (secondary N) is 1. The van der Waals surface area contributed by atoms with E-state index >= 15 is 0 Å². The Hall–Kier alpha value is -2.44. The number of imide groups is 1. The second-order valence-corrected chi connectivity index (χ2v) is 7.33. The number of amides is 2. The molecule has 0 spiro atoms. The van der Waals surface area contributed by atoms with Gasteiger partial charge in [-0.1, -0.05) is 29.8 Å². The molecule has 142 valence electrons. The molecule has 0 saturated carbocycles. The van der Waals surface area contributed by atoms with Crippen molar-refractivity contribution in [2.75, 3.05) is 13.7 Å². The minimum absolute atomic E-state index is 0. The van der Waals surface area contributed by atoms with Crippen LogP contribution in [0.3, 0.4) is 0 Å². The van der Waals surface area contributed by atoms with Crippen LogP contribution in [0.4, 0.5) is 0 Å². The molecule has 0 bridgehead atoms. The van der Waals surface area contributed by atoms with E-state index in [1.807, 2.05) is 22.8 Å². The van der Waals surface area contributed by atoms with Crippen LogP contribution >= 0.6 is 11.6 Å². The van der Waals surface area contributed by atoms with Crippen LogP contribution in [-0.4, -0.2) is 36.4 Å². The summed E-state index contributed by atoms with van der Waals surface area (Å²) >= 11 is 6.42. The Morgan fingerprint density at radius 3 is 2.78 bits per heavy atom. The first-order chi connectivity index (χ1) is 13.1. The Balaban J connectivity index is 0.00000225. The van der Waals surface area contributed by atoms with Crippen LogP contribution in [-0.2, 0) is 27.3 Å². The van der Waals surface area contributed by atoms with Crippen LogP contribution < -0.4 is 5.32 Å². The third-order valence-corrected chi connectivity index (χ3v) is 5.94. The molecule has 27 heavy (non-hydrogen) atoms. The van der Waals surface area contributed by atoms with Gasteiger partial charge in [0.15, 0.2) is 6.29 Å². The number of rotatable bonds is 5. The summed E-state index contributed by atoms with van der Waals surface area (Å²) < 4.78 is 7.06. The largest absolute Gasteiger partial charge is 0.383 e. The van der Waals surface area contributed by atoms with Gasteiger partial charge in [-0.05, 0) is 29.7 Å². The van der Waals surface area contributed by atoms with E-state index in [2.05, 4.69) is 5.32 Å². The van der Waals surface area contributed by atoms with Crippen molar-refractivity contribution in [3.8, 4) is 0 Å². The zero-order chi connectivity index (χ0) is 19.1. The van der Waals surface area contributed by atoms with E-state index in [4.69, 9.17) is 16.3 Å². The minimum atomic E-state index is -0.606. The number of carbonyl (C=O) groups is 3. The Bertz CT molecular complexity index is 942. The molecule has 1 fully saturated rings. The standard InChI is InChI=1S/C20H19ClN2O4.H2/c1-27-7-6-23-11(10-24)8-14-16(23)9-13(12-4-2-3-5-15(12)21)17-18(14)20(26)22-19(17)25;/h2-5,8,10,13,17-18H,6-7,9H2,1H3,(H,22,25,26);1H. The number of benzene rings is 1. The predicted octanol–water partition coefficient (Wildman–Crippen LogP) is 2.54. The lowest BCUT2D eigenvalue weighted by molar-refractivity contribution is -0.126. The van der Waals surface area contributed by atoms with Crippen molar-refractivity contribution >= 4 is 29.7 Å². The summed E-state index contributed by atoms with van der Waals surface area (Å²) in [5.74, 6) is -1.96. The highest BCUT2D eigenvalue weighted by molar-refractivity contribution is 6.31. The zero-order valence-corrected chi connectivity index (χ0v) is 15.5. The highest BCUT2D eigenvalue weighted by Gasteiger charge is 2.52. The van der Waals surface area contributed by atoms with E-state index in [1.54, 1.807) is 19.2 Å². The van der Waals surface area contributed by atoms with Gasteiger partial charge in [-0.25, -0.2) is 0 Å². The number of nitrogens with zero attached hydrogens (tertiary/aromatic N) is 1. The summed E-state index contributed by atoms with van der Waals surface area (Å²) in [5.41, 5.74) is 2.98. The molecule has 2 aromatic rings. The SMILES string of the molecule is COCCn1c(C=O)cc2c1CC(c1ccccc1Cl)C1C(=O)NC(=O)C21.[HH]. The fraction of sp³-hybridized carbons (Fsp3) is 0.350. The van der Waals surface area contributed by atoms with E-state index in [9.17, 15) is 14.4 Å². The van der Waals surface area contributed by atoms with Gasteiger partial charge >= 0.3 is 0 Å². The molecule has 3 unspecified atom stereocenters. The zero-order valence-electron chi connectivity index (χ0n) is 14.8. The van der Waals surface area contributed by atoms with E-state index in [0.717, 1.165) is 23.1 Å². The van der Waals surface area contributed by atoms with Crippen LogP contribution in [0.25, 0.3) is 0 Å². The third kappa shape index (κ3) is 2.80. The Morgan fingerprint density at radius 2 is 2.07 bits per heavy atom. The van der Waals surface area contributed by atoms with Gasteiger partial charge in [0.1, 0.15) is 0 Å². The average molecular weight is 389 g/mol. The number of hydrogen-bond acceptors (Lipinski definition) is 4. The monoisotopic (exact) mass is 388 g/mol. The second kappa shape index (κ2) is 6.94. The van der Waals surface area contributed by atoms with Gasteiger partial charge < -0.3 is 9.30 Å². The summed E-state index contributed by atoms with van der Waals surface area (Å²) in [7, 11) is 1.60. The van der Waals surface area contributed by atoms with Crippen molar-refractivity contribution in [1.29, 1.82) is 0 Å². The number of methoxy groups -OCH3 is 1. The number of ether oxygens (including phenoxy) is 1. The first-order valence-electron chi connectivity index (χ1n) is 8.82. The lowest BCUT2D eigenvalue weighted by Gasteiger charge is -2.32. The molecule has 1 aliphatic heterocycles. The van der Waals surface area contributed by atoms with Crippen molar-refractivity contribution in [3.63, 3.8) is 0 Å². The molecule has 1 aliphatic carbocycles. The average Bonchev–Trinajstić information content (AvgIpc) is 3.16. The maximum atomic E-state index is 12.6. The van der Waals surface area contributed by atoms with Crippen molar-refractivity contribution in [1.82, 2.24) is 9.88 Å². The first-order valence-corrected chi connectivity index (χ1v) is 9.20. The smallest absolute Gasteiger partial charge is 0.235 e. The molecule has 1 saturated heterocycles. The Labute approximate surface area is 162 Å². The summed E-state index contributed by atoms with van der Waals surface area (Å²) in [4.78, 5) is 36.8. The van der Waals surface area contributed by atoms with Crippen molar-refractivity contribution in [3.05, 3.63) is 57.9 Å². The molecular formula is C20H21ClN2O4. The molecule has 2 amide bonds. The van der Waals surface area contributed by atoms with Gasteiger partial charge in [0.05, 0.1) is 24.1 Å². The van der Waals surface area contributed by atoms with Gasteiger partial charge in [-0.2, -0.15) is 0 Å². The van der Waals surface area contributed by atoms with E-state index in [0.29, 0.717) is 30.3 Å². The molecule has 1 aromatic heterocycles. The number of aromatic nitrogens is 1. The minimum Gasteiger partial charge on any atom is -0.383 e. The highest BCUT2D eigenvalue weighted by Crippen LogP contribution is 2.49. The number of hydrogen-bond donors (Lipinski definition) is 1. The second-order valence-electron chi connectivity index (χ2n) is 6.92. The number of carbonyl (C=O) groups excluding carboxylic acids is 3. The fourth-order valence-electron chi connectivity index (χ4n) is 4.43. The van der Waals surface area contributed by atoms with Gasteiger partial charge in [0.2, 0.25) is 11.8 Å². The Kier molecular flexibility index (Phi) is 4.61. The molecule has 0 radical (unpaired) electrons. The molecule has 6 nitrogen and oxygen atoms in total. The summed E-state index contributed by atoms with van der Waals surface area (Å²) in [6.45, 7) is 0.944. The summed E-state index contributed by atoms with van der Waals surface area (Å²) in [5, 5.41) is 3.04. The molecular weight excluding hydrogens is 368 g/mol.